The molecule has 0 unspecified atom stereocenters. The Balaban J connectivity index is 1.83. The number of pyridine rings is 1. The molecule has 0 aromatic carbocycles. The second kappa shape index (κ2) is 5.06. The van der Waals surface area contributed by atoms with Crippen LogP contribution in [0.3, 0.4) is 0 Å². The highest BCUT2D eigenvalue weighted by atomic mass is 79.9. The number of nitrogens with zero attached hydrogens (tertiary/aromatic N) is 3. The summed E-state index contributed by atoms with van der Waals surface area (Å²) in [6.07, 6.45) is 4.86. The molecule has 0 saturated heterocycles. The van der Waals surface area contributed by atoms with Gasteiger partial charge in [0.05, 0.1) is 17.9 Å². The van der Waals surface area contributed by atoms with Crippen molar-refractivity contribution in [2.24, 2.45) is 0 Å². The SMILES string of the molecule is Cc1c(Br)oc2c1-c1nn(Cc3ccccn3)cc1C(C)(C)C2. The van der Waals surface area contributed by atoms with E-state index in [1.807, 2.05) is 29.1 Å². The summed E-state index contributed by atoms with van der Waals surface area (Å²) < 4.78 is 8.71. The highest BCUT2D eigenvalue weighted by molar-refractivity contribution is 9.10. The zero-order valence-electron chi connectivity index (χ0n) is 13.4. The van der Waals surface area contributed by atoms with Crippen molar-refractivity contribution in [3.63, 3.8) is 0 Å². The summed E-state index contributed by atoms with van der Waals surface area (Å²) in [5.41, 5.74) is 5.60. The van der Waals surface area contributed by atoms with Gasteiger partial charge in [-0.1, -0.05) is 19.9 Å². The Hall–Kier alpha value is -1.88. The first-order valence-corrected chi connectivity index (χ1v) is 8.51. The van der Waals surface area contributed by atoms with Crippen LogP contribution in [0.2, 0.25) is 0 Å². The van der Waals surface area contributed by atoms with Gasteiger partial charge in [-0.15, -0.1) is 0 Å². The van der Waals surface area contributed by atoms with Crippen molar-refractivity contribution in [2.45, 2.75) is 39.2 Å². The summed E-state index contributed by atoms with van der Waals surface area (Å²) in [4.78, 5) is 4.40. The standard InChI is InChI=1S/C18H18BrN3O/c1-11-15-14(23-17(11)19)8-18(2,3)13-10-22(21-16(13)15)9-12-6-4-5-7-20-12/h4-7,10H,8-9H2,1-3H3. The smallest absolute Gasteiger partial charge is 0.172 e. The van der Waals surface area contributed by atoms with Crippen LogP contribution in [0.1, 0.15) is 36.4 Å². The molecule has 1 aliphatic rings. The second-order valence-corrected chi connectivity index (χ2v) is 7.49. The molecule has 4 rings (SSSR count). The van der Waals surface area contributed by atoms with Crippen molar-refractivity contribution in [1.82, 2.24) is 14.8 Å². The number of rotatable bonds is 2. The Kier molecular flexibility index (Phi) is 3.23. The first kappa shape index (κ1) is 14.7. The topological polar surface area (TPSA) is 43.9 Å². The Morgan fingerprint density at radius 3 is 2.91 bits per heavy atom. The molecule has 0 aliphatic heterocycles. The predicted octanol–water partition coefficient (Wildman–Crippen LogP) is 4.49. The molecule has 3 heterocycles. The van der Waals surface area contributed by atoms with Crippen molar-refractivity contribution in [3.05, 3.63) is 57.8 Å². The van der Waals surface area contributed by atoms with Gasteiger partial charge in [0.2, 0.25) is 0 Å². The number of halogens is 1. The van der Waals surface area contributed by atoms with Crippen LogP contribution in [0.25, 0.3) is 11.3 Å². The molecule has 4 nitrogen and oxygen atoms in total. The lowest BCUT2D eigenvalue weighted by Crippen LogP contribution is -2.24. The Morgan fingerprint density at radius 2 is 2.17 bits per heavy atom. The summed E-state index contributed by atoms with van der Waals surface area (Å²) in [6, 6.07) is 5.96. The van der Waals surface area contributed by atoms with Gasteiger partial charge in [0, 0.05) is 40.9 Å². The Morgan fingerprint density at radius 1 is 1.35 bits per heavy atom. The molecule has 0 radical (unpaired) electrons. The molecule has 118 valence electrons. The summed E-state index contributed by atoms with van der Waals surface area (Å²) in [6.45, 7) is 7.24. The van der Waals surface area contributed by atoms with Crippen molar-refractivity contribution >= 4 is 15.9 Å². The van der Waals surface area contributed by atoms with Crippen LogP contribution in [0, 0.1) is 6.92 Å². The third kappa shape index (κ3) is 2.34. The lowest BCUT2D eigenvalue weighted by Gasteiger charge is -2.28. The van der Waals surface area contributed by atoms with Gasteiger partial charge in [-0.05, 0) is 35.0 Å². The van der Waals surface area contributed by atoms with Crippen molar-refractivity contribution in [1.29, 1.82) is 0 Å². The summed E-state index contributed by atoms with van der Waals surface area (Å²) in [5.74, 6) is 1.02. The summed E-state index contributed by atoms with van der Waals surface area (Å²) in [5, 5.41) is 4.85. The predicted molar refractivity (Wildman–Crippen MR) is 92.4 cm³/mol. The molecule has 0 fully saturated rings. The van der Waals surface area contributed by atoms with E-state index in [0.29, 0.717) is 6.54 Å². The largest absolute Gasteiger partial charge is 0.453 e. The third-order valence-corrected chi connectivity index (χ3v) is 5.30. The van der Waals surface area contributed by atoms with E-state index in [0.717, 1.165) is 39.4 Å². The van der Waals surface area contributed by atoms with Gasteiger partial charge in [-0.25, -0.2) is 0 Å². The molecular formula is C18H18BrN3O. The molecular weight excluding hydrogens is 354 g/mol. The lowest BCUT2D eigenvalue weighted by atomic mass is 9.75. The fraction of sp³-hybridized carbons (Fsp3) is 0.333. The van der Waals surface area contributed by atoms with E-state index in [-0.39, 0.29) is 5.41 Å². The van der Waals surface area contributed by atoms with E-state index < -0.39 is 0 Å². The molecule has 0 saturated carbocycles. The van der Waals surface area contributed by atoms with Crippen LogP contribution in [0.4, 0.5) is 0 Å². The lowest BCUT2D eigenvalue weighted by molar-refractivity contribution is 0.416. The van der Waals surface area contributed by atoms with Gasteiger partial charge < -0.3 is 4.42 Å². The first-order valence-electron chi connectivity index (χ1n) is 7.72. The van der Waals surface area contributed by atoms with Gasteiger partial charge in [0.25, 0.3) is 0 Å². The van der Waals surface area contributed by atoms with Gasteiger partial charge in [0.1, 0.15) is 5.76 Å². The van der Waals surface area contributed by atoms with Gasteiger partial charge >= 0.3 is 0 Å². The number of hydrogen-bond donors (Lipinski definition) is 0. The molecule has 1 aliphatic carbocycles. The average Bonchev–Trinajstić information content (AvgIpc) is 3.02. The minimum Gasteiger partial charge on any atom is -0.453 e. The monoisotopic (exact) mass is 371 g/mol. The first-order chi connectivity index (χ1) is 11.0. The minimum atomic E-state index is 0.00837. The van der Waals surface area contributed by atoms with E-state index >= 15 is 0 Å². The maximum atomic E-state index is 5.91. The maximum Gasteiger partial charge on any atom is 0.172 e. The van der Waals surface area contributed by atoms with Crippen LogP contribution in [-0.2, 0) is 18.4 Å². The molecule has 23 heavy (non-hydrogen) atoms. The zero-order valence-corrected chi connectivity index (χ0v) is 15.0. The average molecular weight is 372 g/mol. The molecule has 0 N–H and O–H groups in total. The Labute approximate surface area is 143 Å². The van der Waals surface area contributed by atoms with E-state index in [4.69, 9.17) is 9.52 Å². The van der Waals surface area contributed by atoms with Crippen molar-refractivity contribution in [3.8, 4) is 11.3 Å². The quantitative estimate of drug-likeness (QED) is 0.666. The molecule has 3 aromatic rings. The molecule has 0 amide bonds. The van der Waals surface area contributed by atoms with E-state index in [2.05, 4.69) is 47.9 Å². The molecule has 5 heteroatoms. The molecule has 0 atom stereocenters. The summed E-state index contributed by atoms with van der Waals surface area (Å²) >= 11 is 3.52. The van der Waals surface area contributed by atoms with E-state index in [9.17, 15) is 0 Å². The second-order valence-electron chi connectivity index (χ2n) is 6.77. The molecule has 0 bridgehead atoms. The fourth-order valence-electron chi connectivity index (χ4n) is 3.31. The highest BCUT2D eigenvalue weighted by Crippen LogP contribution is 2.46. The minimum absolute atomic E-state index is 0.00837. The normalized spacial score (nSPS) is 15.3. The third-order valence-electron chi connectivity index (χ3n) is 4.54. The number of furan rings is 1. The Bertz CT molecular complexity index is 877. The summed E-state index contributed by atoms with van der Waals surface area (Å²) in [7, 11) is 0. The van der Waals surface area contributed by atoms with Crippen LogP contribution in [0.15, 0.2) is 39.7 Å². The fourth-order valence-corrected chi connectivity index (χ4v) is 3.71. The van der Waals surface area contributed by atoms with E-state index in [1.165, 1.54) is 5.56 Å². The van der Waals surface area contributed by atoms with Gasteiger partial charge in [-0.2, -0.15) is 5.10 Å². The van der Waals surface area contributed by atoms with Crippen LogP contribution in [-0.4, -0.2) is 14.8 Å². The van der Waals surface area contributed by atoms with Gasteiger partial charge in [0.15, 0.2) is 4.67 Å². The van der Waals surface area contributed by atoms with Crippen LogP contribution in [0.5, 0.6) is 0 Å². The van der Waals surface area contributed by atoms with Crippen LogP contribution < -0.4 is 0 Å². The van der Waals surface area contributed by atoms with Crippen LogP contribution >= 0.6 is 15.9 Å². The van der Waals surface area contributed by atoms with E-state index in [1.54, 1.807) is 0 Å². The zero-order chi connectivity index (χ0) is 16.2. The number of fused-ring (bicyclic) bond motifs is 3. The van der Waals surface area contributed by atoms with Crippen molar-refractivity contribution in [2.75, 3.05) is 0 Å². The van der Waals surface area contributed by atoms with Gasteiger partial charge in [-0.3, -0.25) is 9.67 Å². The number of aromatic nitrogens is 3. The highest BCUT2D eigenvalue weighted by Gasteiger charge is 2.37. The van der Waals surface area contributed by atoms with Crippen molar-refractivity contribution < 1.29 is 4.42 Å². The molecule has 0 spiro atoms. The number of hydrogen-bond acceptors (Lipinski definition) is 3. The maximum absolute atomic E-state index is 5.91. The molecule has 3 aromatic heterocycles.